The van der Waals surface area contributed by atoms with Crippen molar-refractivity contribution < 1.29 is 4.79 Å². The second-order valence-corrected chi connectivity index (χ2v) is 3.45. The molecule has 0 unspecified atom stereocenters. The number of nitrogens with zero attached hydrogens (tertiary/aromatic N) is 3. The van der Waals surface area contributed by atoms with Crippen LogP contribution in [-0.2, 0) is 0 Å². The van der Waals surface area contributed by atoms with Gasteiger partial charge in [-0.3, -0.25) is 9.79 Å². The van der Waals surface area contributed by atoms with E-state index in [9.17, 15) is 4.79 Å². The Morgan fingerprint density at radius 2 is 2.11 bits per heavy atom. The smallest absolute Gasteiger partial charge is 0.273 e. The summed E-state index contributed by atoms with van der Waals surface area (Å²) in [6, 6.07) is 0. The SMILES string of the molecule is NNC=NCCNC(=O)c1nc(Cl)c(N)nc1N. The van der Waals surface area contributed by atoms with Gasteiger partial charge in [0.2, 0.25) is 0 Å². The van der Waals surface area contributed by atoms with E-state index in [1.165, 1.54) is 6.34 Å². The van der Waals surface area contributed by atoms with Gasteiger partial charge in [-0.1, -0.05) is 11.6 Å². The van der Waals surface area contributed by atoms with Crippen molar-refractivity contribution in [2.24, 2.45) is 10.8 Å². The minimum atomic E-state index is -0.502. The second kappa shape index (κ2) is 6.57. The molecule has 0 radical (unpaired) electrons. The van der Waals surface area contributed by atoms with Crippen LogP contribution < -0.4 is 28.1 Å². The molecule has 1 heterocycles. The Balaban J connectivity index is 2.62. The monoisotopic (exact) mass is 272 g/mol. The first-order chi connectivity index (χ1) is 8.56. The molecule has 1 amide bonds. The van der Waals surface area contributed by atoms with Crippen LogP contribution in [-0.4, -0.2) is 35.3 Å². The fourth-order valence-corrected chi connectivity index (χ4v) is 1.17. The first-order valence-corrected chi connectivity index (χ1v) is 5.25. The summed E-state index contributed by atoms with van der Waals surface area (Å²) >= 11 is 5.65. The van der Waals surface area contributed by atoms with Gasteiger partial charge in [-0.15, -0.1) is 0 Å². The summed E-state index contributed by atoms with van der Waals surface area (Å²) in [6.07, 6.45) is 1.31. The Labute approximate surface area is 108 Å². The lowest BCUT2D eigenvalue weighted by atomic mass is 10.3. The molecule has 0 fully saturated rings. The fraction of sp³-hybridized carbons (Fsp3) is 0.250. The van der Waals surface area contributed by atoms with Gasteiger partial charge < -0.3 is 22.2 Å². The Bertz CT molecular complexity index is 463. The van der Waals surface area contributed by atoms with Gasteiger partial charge >= 0.3 is 0 Å². The number of rotatable bonds is 5. The maximum Gasteiger partial charge on any atom is 0.273 e. The van der Waals surface area contributed by atoms with Crippen LogP contribution in [0, 0.1) is 0 Å². The van der Waals surface area contributed by atoms with E-state index in [4.69, 9.17) is 28.9 Å². The van der Waals surface area contributed by atoms with Crippen LogP contribution in [0.15, 0.2) is 4.99 Å². The molecule has 0 spiro atoms. The maximum absolute atomic E-state index is 11.7. The number of amides is 1. The van der Waals surface area contributed by atoms with Crippen LogP contribution in [0.5, 0.6) is 0 Å². The number of anilines is 2. The molecular formula is C8H13ClN8O. The van der Waals surface area contributed by atoms with Crippen LogP contribution in [0.4, 0.5) is 11.6 Å². The standard InChI is InChI=1S/C8H13ClN8O/c9-5-7(11)17-6(10)4(16-5)8(18)14-2-1-13-3-15-12/h3H,1-2,12H2,(H,13,15)(H,14,18)(H4,10,11,17). The quantitative estimate of drug-likeness (QED) is 0.144. The number of carbonyl (C=O) groups excluding carboxylic acids is 1. The zero-order valence-electron chi connectivity index (χ0n) is 9.35. The molecule has 10 heteroatoms. The van der Waals surface area contributed by atoms with E-state index in [2.05, 4.69) is 25.7 Å². The van der Waals surface area contributed by atoms with Crippen LogP contribution in [0.1, 0.15) is 10.5 Å². The summed E-state index contributed by atoms with van der Waals surface area (Å²) < 4.78 is 0. The van der Waals surface area contributed by atoms with Crippen LogP contribution >= 0.6 is 11.6 Å². The highest BCUT2D eigenvalue weighted by molar-refractivity contribution is 6.31. The van der Waals surface area contributed by atoms with Crippen molar-refractivity contribution in [1.82, 2.24) is 20.7 Å². The minimum absolute atomic E-state index is 0.0238. The molecule has 0 bridgehead atoms. The van der Waals surface area contributed by atoms with Crippen LogP contribution in [0.2, 0.25) is 5.15 Å². The summed E-state index contributed by atoms with van der Waals surface area (Å²) in [5.41, 5.74) is 13.1. The second-order valence-electron chi connectivity index (χ2n) is 3.09. The summed E-state index contributed by atoms with van der Waals surface area (Å²) in [5.74, 6) is 4.36. The summed E-state index contributed by atoms with van der Waals surface area (Å²) in [7, 11) is 0. The number of nitrogens with two attached hydrogens (primary N) is 3. The minimum Gasteiger partial charge on any atom is -0.382 e. The molecule has 9 nitrogen and oxygen atoms in total. The Morgan fingerprint density at radius 3 is 2.78 bits per heavy atom. The Kier molecular flexibility index (Phi) is 5.08. The molecule has 0 saturated carbocycles. The number of halogens is 1. The van der Waals surface area contributed by atoms with E-state index in [1.54, 1.807) is 0 Å². The van der Waals surface area contributed by atoms with Gasteiger partial charge in [0.1, 0.15) is 0 Å². The molecule has 98 valence electrons. The van der Waals surface area contributed by atoms with Gasteiger partial charge in [0, 0.05) is 6.54 Å². The predicted octanol–water partition coefficient (Wildman–Crippen LogP) is -1.48. The van der Waals surface area contributed by atoms with E-state index in [0.717, 1.165) is 0 Å². The van der Waals surface area contributed by atoms with Crippen molar-refractivity contribution in [2.75, 3.05) is 24.6 Å². The molecule has 1 rings (SSSR count). The van der Waals surface area contributed by atoms with Crippen molar-refractivity contribution in [1.29, 1.82) is 0 Å². The number of nitrogens with one attached hydrogen (secondary N) is 2. The summed E-state index contributed by atoms with van der Waals surface area (Å²) in [5, 5.41) is 2.47. The lowest BCUT2D eigenvalue weighted by Crippen LogP contribution is -2.29. The summed E-state index contributed by atoms with van der Waals surface area (Å²) in [6.45, 7) is 0.645. The third-order valence-corrected chi connectivity index (χ3v) is 2.09. The number of aromatic nitrogens is 2. The maximum atomic E-state index is 11.7. The number of hydrogen-bond donors (Lipinski definition) is 5. The summed E-state index contributed by atoms with van der Waals surface area (Å²) in [4.78, 5) is 23.0. The first-order valence-electron chi connectivity index (χ1n) is 4.87. The molecule has 0 aliphatic carbocycles. The van der Waals surface area contributed by atoms with Crippen molar-refractivity contribution in [3.63, 3.8) is 0 Å². The molecule has 1 aromatic heterocycles. The molecule has 1 aromatic rings. The Hall–Kier alpha value is -2.13. The lowest BCUT2D eigenvalue weighted by molar-refractivity contribution is 0.0950. The molecule has 0 aromatic carbocycles. The molecule has 18 heavy (non-hydrogen) atoms. The number of hydrazine groups is 1. The zero-order chi connectivity index (χ0) is 13.5. The predicted molar refractivity (Wildman–Crippen MR) is 68.9 cm³/mol. The van der Waals surface area contributed by atoms with Gasteiger partial charge in [0.15, 0.2) is 22.5 Å². The number of nitrogen functional groups attached to an aromatic ring is 2. The van der Waals surface area contributed by atoms with Crippen molar-refractivity contribution in [2.45, 2.75) is 0 Å². The molecular weight excluding hydrogens is 260 g/mol. The highest BCUT2D eigenvalue weighted by Crippen LogP contribution is 2.16. The van der Waals surface area contributed by atoms with Crippen molar-refractivity contribution in [3.05, 3.63) is 10.8 Å². The highest BCUT2D eigenvalue weighted by Gasteiger charge is 2.15. The van der Waals surface area contributed by atoms with E-state index in [1.807, 2.05) is 0 Å². The number of aliphatic imine (C=N–C) groups is 1. The largest absolute Gasteiger partial charge is 0.382 e. The normalized spacial score (nSPS) is 10.6. The van der Waals surface area contributed by atoms with Gasteiger partial charge in [-0.05, 0) is 0 Å². The van der Waals surface area contributed by atoms with Gasteiger partial charge in [-0.25, -0.2) is 15.8 Å². The van der Waals surface area contributed by atoms with E-state index < -0.39 is 5.91 Å². The van der Waals surface area contributed by atoms with E-state index >= 15 is 0 Å². The van der Waals surface area contributed by atoms with Gasteiger partial charge in [0.05, 0.1) is 12.9 Å². The van der Waals surface area contributed by atoms with Gasteiger partial charge in [-0.2, -0.15) is 0 Å². The van der Waals surface area contributed by atoms with E-state index in [-0.39, 0.29) is 22.5 Å². The molecule has 0 saturated heterocycles. The lowest BCUT2D eigenvalue weighted by Gasteiger charge is -2.06. The average Bonchev–Trinajstić information content (AvgIpc) is 2.33. The molecule has 8 N–H and O–H groups in total. The molecule has 0 atom stereocenters. The van der Waals surface area contributed by atoms with Crippen LogP contribution in [0.25, 0.3) is 0 Å². The third-order valence-electron chi connectivity index (χ3n) is 1.81. The topological polar surface area (TPSA) is 157 Å². The average molecular weight is 273 g/mol. The molecule has 0 aliphatic heterocycles. The van der Waals surface area contributed by atoms with Crippen molar-refractivity contribution in [3.8, 4) is 0 Å². The van der Waals surface area contributed by atoms with Crippen molar-refractivity contribution >= 4 is 35.5 Å². The number of hydrogen-bond acceptors (Lipinski definition) is 7. The third kappa shape index (κ3) is 3.71. The fourth-order valence-electron chi connectivity index (χ4n) is 1.04. The zero-order valence-corrected chi connectivity index (χ0v) is 10.1. The van der Waals surface area contributed by atoms with Crippen LogP contribution in [0.3, 0.4) is 0 Å². The highest BCUT2D eigenvalue weighted by atomic mass is 35.5. The van der Waals surface area contributed by atoms with E-state index in [0.29, 0.717) is 13.1 Å². The Morgan fingerprint density at radius 1 is 1.39 bits per heavy atom. The first kappa shape index (κ1) is 13.9. The molecule has 0 aliphatic rings. The van der Waals surface area contributed by atoms with Gasteiger partial charge in [0.25, 0.3) is 5.91 Å². The number of carbonyl (C=O) groups is 1.